The number of anilines is 1. The molecule has 0 unspecified atom stereocenters. The van der Waals surface area contributed by atoms with Gasteiger partial charge in [0.1, 0.15) is 11.6 Å². The number of nitrogens with zero attached hydrogens (tertiary/aromatic N) is 1. The van der Waals surface area contributed by atoms with Crippen molar-refractivity contribution < 1.29 is 9.53 Å². The van der Waals surface area contributed by atoms with E-state index in [0.29, 0.717) is 17.9 Å². The highest BCUT2D eigenvalue weighted by molar-refractivity contribution is 7.13. The summed E-state index contributed by atoms with van der Waals surface area (Å²) in [6.45, 7) is 0.437. The van der Waals surface area contributed by atoms with Crippen LogP contribution in [-0.4, -0.2) is 10.9 Å². The highest BCUT2D eigenvalue weighted by Gasteiger charge is 2.07. The van der Waals surface area contributed by atoms with Crippen LogP contribution in [0.2, 0.25) is 0 Å². The van der Waals surface area contributed by atoms with Crippen LogP contribution in [0.3, 0.4) is 0 Å². The van der Waals surface area contributed by atoms with Gasteiger partial charge in [-0.25, -0.2) is 4.98 Å². The summed E-state index contributed by atoms with van der Waals surface area (Å²) in [4.78, 5) is 16.9. The van der Waals surface area contributed by atoms with Crippen molar-refractivity contribution in [3.63, 3.8) is 0 Å². The molecule has 0 fully saturated rings. The van der Waals surface area contributed by atoms with Gasteiger partial charge in [-0.15, -0.1) is 11.3 Å². The number of carbonyl (C=O) groups excluding carboxylic acids is 1. The van der Waals surface area contributed by atoms with Gasteiger partial charge in [0, 0.05) is 11.1 Å². The number of thiophene rings is 1. The quantitative estimate of drug-likeness (QED) is 0.753. The monoisotopic (exact) mass is 325 g/mol. The second-order valence-corrected chi connectivity index (χ2v) is 5.92. The van der Waals surface area contributed by atoms with Crippen molar-refractivity contribution in [2.75, 3.05) is 5.73 Å². The molecule has 0 aliphatic heterocycles. The molecule has 116 valence electrons. The third-order valence-corrected chi connectivity index (χ3v) is 4.03. The Kier molecular flexibility index (Phi) is 4.54. The number of hydrogen-bond acceptors (Lipinski definition) is 5. The van der Waals surface area contributed by atoms with Crippen molar-refractivity contribution in [2.45, 2.75) is 6.54 Å². The molecule has 0 aliphatic rings. The predicted octanol–water partition coefficient (Wildman–Crippen LogP) is 3.45. The maximum atomic E-state index is 12.0. The first-order valence-corrected chi connectivity index (χ1v) is 7.84. The Morgan fingerprint density at radius 2 is 1.96 bits per heavy atom. The number of benzene rings is 1. The third kappa shape index (κ3) is 4.08. The van der Waals surface area contributed by atoms with Gasteiger partial charge in [-0.1, -0.05) is 18.2 Å². The SMILES string of the molecule is Nc1ccc(C(=O)NCc2ccc(Oc3ccccc3)s2)cn1. The Hall–Kier alpha value is -2.86. The average molecular weight is 325 g/mol. The lowest BCUT2D eigenvalue weighted by atomic mass is 10.2. The maximum absolute atomic E-state index is 12.0. The number of para-hydroxylation sites is 1. The predicted molar refractivity (Wildman–Crippen MR) is 90.7 cm³/mol. The first-order valence-electron chi connectivity index (χ1n) is 7.02. The van der Waals surface area contributed by atoms with Gasteiger partial charge in [-0.05, 0) is 36.4 Å². The zero-order valence-electron chi connectivity index (χ0n) is 12.2. The van der Waals surface area contributed by atoms with Crippen molar-refractivity contribution in [2.24, 2.45) is 0 Å². The molecular formula is C17H15N3O2S. The Morgan fingerprint density at radius 1 is 1.13 bits per heavy atom. The second-order valence-electron chi connectivity index (χ2n) is 4.79. The zero-order chi connectivity index (χ0) is 16.1. The number of pyridine rings is 1. The van der Waals surface area contributed by atoms with Crippen molar-refractivity contribution in [1.29, 1.82) is 0 Å². The number of carbonyl (C=O) groups is 1. The third-order valence-electron chi connectivity index (χ3n) is 3.07. The smallest absolute Gasteiger partial charge is 0.253 e. The summed E-state index contributed by atoms with van der Waals surface area (Å²) in [6, 6.07) is 16.7. The molecular weight excluding hydrogens is 310 g/mol. The molecule has 1 amide bonds. The van der Waals surface area contributed by atoms with Gasteiger partial charge in [0.15, 0.2) is 5.06 Å². The summed E-state index contributed by atoms with van der Waals surface area (Å²) in [5, 5.41) is 3.63. The molecule has 0 radical (unpaired) electrons. The highest BCUT2D eigenvalue weighted by Crippen LogP contribution is 2.29. The van der Waals surface area contributed by atoms with Crippen molar-refractivity contribution >= 4 is 23.1 Å². The molecule has 0 spiro atoms. The Balaban J connectivity index is 1.57. The Labute approximate surface area is 137 Å². The van der Waals surface area contributed by atoms with Gasteiger partial charge < -0.3 is 15.8 Å². The van der Waals surface area contributed by atoms with Crippen LogP contribution in [0, 0.1) is 0 Å². The minimum absolute atomic E-state index is 0.184. The van der Waals surface area contributed by atoms with Gasteiger partial charge in [-0.3, -0.25) is 4.79 Å². The van der Waals surface area contributed by atoms with Crippen LogP contribution in [0.15, 0.2) is 60.8 Å². The Morgan fingerprint density at radius 3 is 2.70 bits per heavy atom. The summed E-state index contributed by atoms with van der Waals surface area (Å²) in [7, 11) is 0. The van der Waals surface area contributed by atoms with Gasteiger partial charge in [0.2, 0.25) is 0 Å². The van der Waals surface area contributed by atoms with Crippen molar-refractivity contribution in [3.05, 3.63) is 71.2 Å². The lowest BCUT2D eigenvalue weighted by Gasteiger charge is -2.04. The molecule has 0 aliphatic carbocycles. The van der Waals surface area contributed by atoms with E-state index in [0.717, 1.165) is 15.7 Å². The molecule has 23 heavy (non-hydrogen) atoms. The van der Waals surface area contributed by atoms with E-state index >= 15 is 0 Å². The molecule has 0 saturated heterocycles. The van der Waals surface area contributed by atoms with Crippen LogP contribution < -0.4 is 15.8 Å². The number of nitrogens with one attached hydrogen (secondary N) is 1. The number of ether oxygens (including phenoxy) is 1. The standard InChI is InChI=1S/C17H15N3O2S/c18-15-8-6-12(10-19-15)17(21)20-11-14-7-9-16(23-14)22-13-4-2-1-3-5-13/h1-10H,11H2,(H2,18,19)(H,20,21). The number of amides is 1. The van der Waals surface area contributed by atoms with Gasteiger partial charge in [0.05, 0.1) is 12.1 Å². The minimum Gasteiger partial charge on any atom is -0.447 e. The average Bonchev–Trinajstić information content (AvgIpc) is 3.02. The van der Waals surface area contributed by atoms with Crippen LogP contribution in [0.25, 0.3) is 0 Å². The summed E-state index contributed by atoms with van der Waals surface area (Å²) < 4.78 is 5.75. The molecule has 0 bridgehead atoms. The molecule has 5 nitrogen and oxygen atoms in total. The summed E-state index contributed by atoms with van der Waals surface area (Å²) in [6.07, 6.45) is 1.46. The topological polar surface area (TPSA) is 77.2 Å². The number of aromatic nitrogens is 1. The van der Waals surface area contributed by atoms with Crippen LogP contribution in [0.5, 0.6) is 10.8 Å². The second kappa shape index (κ2) is 6.93. The lowest BCUT2D eigenvalue weighted by molar-refractivity contribution is 0.0951. The molecule has 2 aromatic heterocycles. The molecule has 1 aromatic carbocycles. The largest absolute Gasteiger partial charge is 0.447 e. The van der Waals surface area contributed by atoms with Crippen LogP contribution >= 0.6 is 11.3 Å². The van der Waals surface area contributed by atoms with Gasteiger partial charge >= 0.3 is 0 Å². The number of nitrogen functional groups attached to an aromatic ring is 1. The van der Waals surface area contributed by atoms with E-state index in [1.54, 1.807) is 12.1 Å². The summed E-state index contributed by atoms with van der Waals surface area (Å²) in [5.41, 5.74) is 5.99. The maximum Gasteiger partial charge on any atom is 0.253 e. The first-order chi connectivity index (χ1) is 11.2. The van der Waals surface area contributed by atoms with E-state index in [1.807, 2.05) is 42.5 Å². The fourth-order valence-corrected chi connectivity index (χ4v) is 2.73. The molecule has 0 saturated carbocycles. The van der Waals surface area contributed by atoms with Crippen molar-refractivity contribution in [3.8, 4) is 10.8 Å². The number of hydrogen-bond donors (Lipinski definition) is 2. The van der Waals surface area contributed by atoms with E-state index < -0.39 is 0 Å². The molecule has 3 rings (SSSR count). The normalized spacial score (nSPS) is 10.3. The molecule has 2 heterocycles. The van der Waals surface area contributed by atoms with E-state index in [-0.39, 0.29) is 5.91 Å². The van der Waals surface area contributed by atoms with Gasteiger partial charge in [0.25, 0.3) is 5.91 Å². The highest BCUT2D eigenvalue weighted by atomic mass is 32.1. The minimum atomic E-state index is -0.184. The summed E-state index contributed by atoms with van der Waals surface area (Å²) in [5.74, 6) is 0.997. The lowest BCUT2D eigenvalue weighted by Crippen LogP contribution is -2.22. The molecule has 3 N–H and O–H groups in total. The summed E-state index contributed by atoms with van der Waals surface area (Å²) >= 11 is 1.49. The first kappa shape index (κ1) is 15.1. The van der Waals surface area contributed by atoms with Crippen LogP contribution in [0.4, 0.5) is 5.82 Å². The van der Waals surface area contributed by atoms with E-state index in [2.05, 4.69) is 10.3 Å². The fraction of sp³-hybridized carbons (Fsp3) is 0.0588. The molecule has 0 atom stereocenters. The van der Waals surface area contributed by atoms with Gasteiger partial charge in [-0.2, -0.15) is 0 Å². The number of nitrogens with two attached hydrogens (primary N) is 1. The molecule has 6 heteroatoms. The van der Waals surface area contributed by atoms with Crippen molar-refractivity contribution in [1.82, 2.24) is 10.3 Å². The Bertz CT molecular complexity index is 785. The fourth-order valence-electron chi connectivity index (χ4n) is 1.92. The van der Waals surface area contributed by atoms with Crippen LogP contribution in [-0.2, 0) is 6.54 Å². The van der Waals surface area contributed by atoms with E-state index in [1.165, 1.54) is 17.5 Å². The van der Waals surface area contributed by atoms with E-state index in [4.69, 9.17) is 10.5 Å². The van der Waals surface area contributed by atoms with Crippen LogP contribution in [0.1, 0.15) is 15.2 Å². The molecule has 3 aromatic rings. The van der Waals surface area contributed by atoms with E-state index in [9.17, 15) is 4.79 Å². The zero-order valence-corrected chi connectivity index (χ0v) is 13.0. The number of rotatable bonds is 5.